The van der Waals surface area contributed by atoms with E-state index in [4.69, 9.17) is 0 Å². The topological polar surface area (TPSA) is 97.2 Å². The van der Waals surface area contributed by atoms with Gasteiger partial charge in [0, 0.05) is 38.0 Å². The summed E-state index contributed by atoms with van der Waals surface area (Å²) in [6.07, 6.45) is -0.703. The molecule has 0 radical (unpaired) electrons. The summed E-state index contributed by atoms with van der Waals surface area (Å²) in [5.74, 6) is -0.277. The van der Waals surface area contributed by atoms with Gasteiger partial charge in [-0.25, -0.2) is 0 Å². The number of rotatable bonds is 8. The third kappa shape index (κ3) is 6.24. The van der Waals surface area contributed by atoms with Crippen molar-refractivity contribution in [2.45, 2.75) is 19.0 Å². The molecule has 1 amide bonds. The van der Waals surface area contributed by atoms with Crippen molar-refractivity contribution in [2.75, 3.05) is 18.4 Å². The van der Waals surface area contributed by atoms with E-state index in [0.29, 0.717) is 19.0 Å². The molecule has 7 nitrogen and oxygen atoms in total. The van der Waals surface area contributed by atoms with Gasteiger partial charge in [0.15, 0.2) is 0 Å². The minimum absolute atomic E-state index is 0.0191. The summed E-state index contributed by atoms with van der Waals surface area (Å²) in [6, 6.07) is 5.88. The van der Waals surface area contributed by atoms with Crippen LogP contribution in [0.25, 0.3) is 0 Å². The lowest BCUT2D eigenvalue weighted by atomic mass is 10.1. The van der Waals surface area contributed by atoms with Crippen molar-refractivity contribution in [1.82, 2.24) is 10.3 Å². The summed E-state index contributed by atoms with van der Waals surface area (Å²) in [5.41, 5.74) is -0.901. The number of hydrogen-bond acceptors (Lipinski definition) is 5. The van der Waals surface area contributed by atoms with Crippen LogP contribution in [0, 0.1) is 10.1 Å². The monoisotopic (exact) mass is 382 g/mol. The predicted octanol–water partition coefficient (Wildman–Crippen LogP) is 3.17. The summed E-state index contributed by atoms with van der Waals surface area (Å²) in [5, 5.41) is 16.3. The van der Waals surface area contributed by atoms with Crippen molar-refractivity contribution in [3.63, 3.8) is 0 Å². The predicted molar refractivity (Wildman–Crippen MR) is 92.2 cm³/mol. The number of carbonyl (C=O) groups excluding carboxylic acids is 1. The highest BCUT2D eigenvalue weighted by Gasteiger charge is 2.33. The Morgan fingerprint density at radius 3 is 2.63 bits per heavy atom. The van der Waals surface area contributed by atoms with Gasteiger partial charge in [-0.2, -0.15) is 13.2 Å². The molecule has 2 aromatic rings. The van der Waals surface area contributed by atoms with Crippen LogP contribution in [0.15, 0.2) is 42.7 Å². The van der Waals surface area contributed by atoms with E-state index >= 15 is 0 Å². The molecular formula is C17H17F3N4O3. The molecule has 1 heterocycles. The summed E-state index contributed by atoms with van der Waals surface area (Å²) in [6.45, 7) is 0.454. The van der Waals surface area contributed by atoms with Gasteiger partial charge in [-0.15, -0.1) is 0 Å². The SMILES string of the molecule is O=C(CCNc1ccc(C(F)(F)F)cc1[N+](=O)[O-])NCCc1cccnc1. The first-order valence-electron chi connectivity index (χ1n) is 8.02. The van der Waals surface area contributed by atoms with Crippen LogP contribution in [-0.2, 0) is 17.4 Å². The number of nitrogens with zero attached hydrogens (tertiary/aromatic N) is 2. The van der Waals surface area contributed by atoms with Gasteiger partial charge in [0.1, 0.15) is 5.69 Å². The lowest BCUT2D eigenvalue weighted by molar-refractivity contribution is -0.384. The maximum Gasteiger partial charge on any atom is 0.416 e. The normalized spacial score (nSPS) is 11.1. The number of pyridine rings is 1. The Labute approximate surface area is 152 Å². The number of aromatic nitrogens is 1. The zero-order valence-electron chi connectivity index (χ0n) is 14.1. The van der Waals surface area contributed by atoms with E-state index in [9.17, 15) is 28.1 Å². The van der Waals surface area contributed by atoms with E-state index < -0.39 is 22.4 Å². The van der Waals surface area contributed by atoms with Gasteiger partial charge in [-0.1, -0.05) is 6.07 Å². The third-order valence-corrected chi connectivity index (χ3v) is 3.65. The summed E-state index contributed by atoms with van der Waals surface area (Å²) in [4.78, 5) is 25.8. The molecule has 2 rings (SSSR count). The van der Waals surface area contributed by atoms with Gasteiger partial charge >= 0.3 is 6.18 Å². The van der Waals surface area contributed by atoms with Gasteiger partial charge in [-0.05, 0) is 30.2 Å². The van der Waals surface area contributed by atoms with Crippen LogP contribution >= 0.6 is 0 Å². The zero-order chi connectivity index (χ0) is 19.9. The van der Waals surface area contributed by atoms with Crippen molar-refractivity contribution in [3.05, 3.63) is 64.0 Å². The Hall–Kier alpha value is -3.17. The summed E-state index contributed by atoms with van der Waals surface area (Å²) < 4.78 is 38.0. The number of benzene rings is 1. The molecule has 0 saturated heterocycles. The van der Waals surface area contributed by atoms with Crippen LogP contribution in [0.2, 0.25) is 0 Å². The average molecular weight is 382 g/mol. The van der Waals surface area contributed by atoms with Crippen LogP contribution in [-0.4, -0.2) is 28.9 Å². The van der Waals surface area contributed by atoms with Gasteiger partial charge in [0.05, 0.1) is 10.5 Å². The lowest BCUT2D eigenvalue weighted by Crippen LogP contribution is -2.27. The Kier molecular flexibility index (Phi) is 6.69. The molecule has 0 fully saturated rings. The van der Waals surface area contributed by atoms with Crippen molar-refractivity contribution in [3.8, 4) is 0 Å². The highest BCUT2D eigenvalue weighted by molar-refractivity contribution is 5.76. The molecule has 0 atom stereocenters. The molecule has 0 aliphatic heterocycles. The minimum atomic E-state index is -4.67. The average Bonchev–Trinajstić information content (AvgIpc) is 2.61. The first kappa shape index (κ1) is 20.1. The number of nitro benzene ring substituents is 1. The van der Waals surface area contributed by atoms with Crippen LogP contribution in [0.3, 0.4) is 0 Å². The van der Waals surface area contributed by atoms with E-state index in [1.807, 2.05) is 6.07 Å². The highest BCUT2D eigenvalue weighted by atomic mass is 19.4. The number of amides is 1. The van der Waals surface area contributed by atoms with Crippen molar-refractivity contribution < 1.29 is 22.9 Å². The minimum Gasteiger partial charge on any atom is -0.379 e. The molecule has 0 saturated carbocycles. The third-order valence-electron chi connectivity index (χ3n) is 3.65. The Morgan fingerprint density at radius 1 is 1.22 bits per heavy atom. The highest BCUT2D eigenvalue weighted by Crippen LogP contribution is 2.34. The maximum atomic E-state index is 12.7. The fourth-order valence-electron chi connectivity index (χ4n) is 2.30. The standard InChI is InChI=1S/C17H17F3N4O3/c18-17(19,20)13-3-4-14(15(10-13)24(26)27)22-9-6-16(25)23-8-5-12-2-1-7-21-11-12/h1-4,7,10-11,22H,5-6,8-9H2,(H,23,25). The molecule has 0 spiro atoms. The Morgan fingerprint density at radius 2 is 2.00 bits per heavy atom. The molecule has 27 heavy (non-hydrogen) atoms. The van der Waals surface area contributed by atoms with Gasteiger partial charge in [-0.3, -0.25) is 19.9 Å². The number of hydrogen-bond donors (Lipinski definition) is 2. The zero-order valence-corrected chi connectivity index (χ0v) is 14.1. The maximum absolute atomic E-state index is 12.7. The number of anilines is 1. The molecule has 144 valence electrons. The van der Waals surface area contributed by atoms with E-state index in [0.717, 1.165) is 17.7 Å². The Balaban J connectivity index is 1.83. The number of carbonyl (C=O) groups is 1. The van der Waals surface area contributed by atoms with E-state index in [-0.39, 0.29) is 24.6 Å². The molecule has 0 unspecified atom stereocenters. The Bertz CT molecular complexity index is 798. The van der Waals surface area contributed by atoms with Crippen molar-refractivity contribution in [2.24, 2.45) is 0 Å². The molecule has 2 N–H and O–H groups in total. The fourth-order valence-corrected chi connectivity index (χ4v) is 2.30. The largest absolute Gasteiger partial charge is 0.416 e. The van der Waals surface area contributed by atoms with Crippen LogP contribution in [0.4, 0.5) is 24.5 Å². The molecule has 1 aromatic carbocycles. The van der Waals surface area contributed by atoms with E-state index in [1.165, 1.54) is 0 Å². The fraction of sp³-hybridized carbons (Fsp3) is 0.294. The van der Waals surface area contributed by atoms with Crippen molar-refractivity contribution in [1.29, 1.82) is 0 Å². The molecule has 1 aromatic heterocycles. The molecule has 0 aliphatic rings. The smallest absolute Gasteiger partial charge is 0.379 e. The van der Waals surface area contributed by atoms with Crippen LogP contribution in [0.1, 0.15) is 17.5 Å². The lowest BCUT2D eigenvalue weighted by Gasteiger charge is -2.10. The van der Waals surface area contributed by atoms with Gasteiger partial charge in [0.25, 0.3) is 5.69 Å². The van der Waals surface area contributed by atoms with Gasteiger partial charge in [0.2, 0.25) is 5.91 Å². The number of nitrogens with one attached hydrogen (secondary N) is 2. The quantitative estimate of drug-likeness (QED) is 0.540. The summed E-state index contributed by atoms with van der Waals surface area (Å²) in [7, 11) is 0. The second-order valence-electron chi connectivity index (χ2n) is 5.62. The number of halogens is 3. The molecule has 10 heteroatoms. The first-order valence-corrected chi connectivity index (χ1v) is 8.02. The van der Waals surface area contributed by atoms with E-state index in [2.05, 4.69) is 15.6 Å². The first-order chi connectivity index (χ1) is 12.8. The molecule has 0 bridgehead atoms. The second-order valence-corrected chi connectivity index (χ2v) is 5.62. The second kappa shape index (κ2) is 8.97. The van der Waals surface area contributed by atoms with Crippen LogP contribution in [0.5, 0.6) is 0 Å². The molecular weight excluding hydrogens is 365 g/mol. The van der Waals surface area contributed by atoms with Crippen LogP contribution < -0.4 is 10.6 Å². The van der Waals surface area contributed by atoms with Crippen molar-refractivity contribution >= 4 is 17.3 Å². The molecule has 0 aliphatic carbocycles. The summed E-state index contributed by atoms with van der Waals surface area (Å²) >= 11 is 0. The number of alkyl halides is 3. The van der Waals surface area contributed by atoms with E-state index in [1.54, 1.807) is 18.5 Å². The number of nitro groups is 1. The van der Waals surface area contributed by atoms with Gasteiger partial charge < -0.3 is 10.6 Å².